The highest BCUT2D eigenvalue weighted by molar-refractivity contribution is 6.30. The molecule has 2 amide bonds. The number of hydrogen-bond acceptors (Lipinski definition) is 2. The zero-order chi connectivity index (χ0) is 20.7. The van der Waals surface area contributed by atoms with Crippen LogP contribution in [0.4, 0.5) is 4.39 Å². The van der Waals surface area contributed by atoms with Gasteiger partial charge in [0.15, 0.2) is 0 Å². The largest absolute Gasteiger partial charge is 0.352 e. The number of carbonyl (C=O) groups is 2. The average Bonchev–Trinajstić information content (AvgIpc) is 2.67. The standard InChI is InChI=1S/C22H26ClFN2O2/c1-4-15(2)25-22(28)16(3)26(14-18-6-5-7-19(23)12-18)21(27)13-17-8-10-20(24)11-9-17/h5-12,15-16H,4,13-14H2,1-3H3,(H,25,28)/t15-,16+/m1/s1. The molecule has 0 unspecified atom stereocenters. The first kappa shape index (κ1) is 21.9. The van der Waals surface area contributed by atoms with E-state index in [9.17, 15) is 14.0 Å². The summed E-state index contributed by atoms with van der Waals surface area (Å²) in [5, 5.41) is 3.49. The minimum Gasteiger partial charge on any atom is -0.352 e. The fraction of sp³-hybridized carbons (Fsp3) is 0.364. The number of amides is 2. The van der Waals surface area contributed by atoms with Crippen LogP contribution in [-0.2, 0) is 22.6 Å². The zero-order valence-corrected chi connectivity index (χ0v) is 17.2. The molecule has 1 N–H and O–H groups in total. The molecule has 0 bridgehead atoms. The predicted octanol–water partition coefficient (Wildman–Crippen LogP) is 4.35. The maximum Gasteiger partial charge on any atom is 0.242 e. The molecule has 0 saturated heterocycles. The highest BCUT2D eigenvalue weighted by atomic mass is 35.5. The lowest BCUT2D eigenvalue weighted by Crippen LogP contribution is -2.49. The lowest BCUT2D eigenvalue weighted by molar-refractivity contribution is -0.140. The first-order chi connectivity index (χ1) is 13.3. The van der Waals surface area contributed by atoms with Gasteiger partial charge in [-0.1, -0.05) is 42.8 Å². The highest BCUT2D eigenvalue weighted by Crippen LogP contribution is 2.16. The monoisotopic (exact) mass is 404 g/mol. The average molecular weight is 405 g/mol. The Hall–Kier alpha value is -2.40. The van der Waals surface area contributed by atoms with Crippen LogP contribution in [0.3, 0.4) is 0 Å². The minimum atomic E-state index is -0.652. The molecule has 0 spiro atoms. The van der Waals surface area contributed by atoms with Crippen LogP contribution in [0.25, 0.3) is 0 Å². The molecule has 4 nitrogen and oxygen atoms in total. The van der Waals surface area contributed by atoms with Crippen molar-refractivity contribution in [1.29, 1.82) is 0 Å². The number of carbonyl (C=O) groups excluding carboxylic acids is 2. The molecule has 0 saturated carbocycles. The molecule has 0 aromatic heterocycles. The van der Waals surface area contributed by atoms with Gasteiger partial charge in [-0.2, -0.15) is 0 Å². The molecule has 0 heterocycles. The van der Waals surface area contributed by atoms with E-state index in [1.807, 2.05) is 26.0 Å². The first-order valence-electron chi connectivity index (χ1n) is 9.39. The fourth-order valence-corrected chi connectivity index (χ4v) is 2.97. The summed E-state index contributed by atoms with van der Waals surface area (Å²) in [5.41, 5.74) is 1.53. The summed E-state index contributed by atoms with van der Waals surface area (Å²) in [7, 11) is 0. The molecule has 0 aliphatic heterocycles. The van der Waals surface area contributed by atoms with E-state index in [2.05, 4.69) is 5.32 Å². The summed E-state index contributed by atoms with van der Waals surface area (Å²) < 4.78 is 13.1. The Morgan fingerprint density at radius 1 is 1.11 bits per heavy atom. The second kappa shape index (κ2) is 10.2. The number of halogens is 2. The summed E-state index contributed by atoms with van der Waals surface area (Å²) in [6.07, 6.45) is 0.887. The van der Waals surface area contributed by atoms with Crippen LogP contribution in [-0.4, -0.2) is 28.8 Å². The van der Waals surface area contributed by atoms with E-state index in [0.29, 0.717) is 10.6 Å². The predicted molar refractivity (Wildman–Crippen MR) is 109 cm³/mol. The topological polar surface area (TPSA) is 49.4 Å². The lowest BCUT2D eigenvalue weighted by atomic mass is 10.1. The third kappa shape index (κ3) is 6.34. The van der Waals surface area contributed by atoms with E-state index >= 15 is 0 Å². The van der Waals surface area contributed by atoms with Crippen molar-refractivity contribution >= 4 is 23.4 Å². The van der Waals surface area contributed by atoms with Gasteiger partial charge in [0, 0.05) is 17.6 Å². The molecule has 150 valence electrons. The molecule has 2 aromatic rings. The Kier molecular flexibility index (Phi) is 8.00. The fourth-order valence-electron chi connectivity index (χ4n) is 2.76. The summed E-state index contributed by atoms with van der Waals surface area (Å²) in [5.74, 6) is -0.768. The van der Waals surface area contributed by atoms with Crippen molar-refractivity contribution in [2.75, 3.05) is 0 Å². The van der Waals surface area contributed by atoms with Gasteiger partial charge in [0.25, 0.3) is 0 Å². The Labute approximate surface area is 170 Å². The van der Waals surface area contributed by atoms with Crippen molar-refractivity contribution < 1.29 is 14.0 Å². The van der Waals surface area contributed by atoms with E-state index < -0.39 is 6.04 Å². The van der Waals surface area contributed by atoms with Gasteiger partial charge in [-0.15, -0.1) is 0 Å². The maximum absolute atomic E-state index is 13.1. The van der Waals surface area contributed by atoms with Gasteiger partial charge in [0.05, 0.1) is 6.42 Å². The molecule has 6 heteroatoms. The molecular formula is C22H26ClFN2O2. The van der Waals surface area contributed by atoms with Crippen molar-refractivity contribution in [2.45, 2.75) is 52.2 Å². The van der Waals surface area contributed by atoms with E-state index in [1.54, 1.807) is 31.2 Å². The first-order valence-corrected chi connectivity index (χ1v) is 9.76. The van der Waals surface area contributed by atoms with Crippen LogP contribution < -0.4 is 5.32 Å². The summed E-state index contributed by atoms with van der Waals surface area (Å²) in [4.78, 5) is 27.2. The molecule has 2 rings (SSSR count). The van der Waals surface area contributed by atoms with Crippen LogP contribution >= 0.6 is 11.6 Å². The second-order valence-corrected chi connectivity index (χ2v) is 7.39. The Morgan fingerprint density at radius 3 is 2.39 bits per heavy atom. The van der Waals surface area contributed by atoms with Crippen LogP contribution in [0.1, 0.15) is 38.3 Å². The van der Waals surface area contributed by atoms with Crippen LogP contribution in [0.15, 0.2) is 48.5 Å². The number of hydrogen-bond donors (Lipinski definition) is 1. The lowest BCUT2D eigenvalue weighted by Gasteiger charge is -2.30. The van der Waals surface area contributed by atoms with Gasteiger partial charge in [-0.05, 0) is 55.7 Å². The molecule has 0 aliphatic rings. The molecule has 0 aliphatic carbocycles. The van der Waals surface area contributed by atoms with E-state index in [0.717, 1.165) is 12.0 Å². The van der Waals surface area contributed by atoms with Crippen molar-refractivity contribution in [2.24, 2.45) is 0 Å². The number of benzene rings is 2. The minimum absolute atomic E-state index is 0.0233. The molecule has 28 heavy (non-hydrogen) atoms. The van der Waals surface area contributed by atoms with Gasteiger partial charge in [0.1, 0.15) is 11.9 Å². The van der Waals surface area contributed by atoms with Gasteiger partial charge >= 0.3 is 0 Å². The number of nitrogens with zero attached hydrogens (tertiary/aromatic N) is 1. The molecule has 0 fully saturated rings. The highest BCUT2D eigenvalue weighted by Gasteiger charge is 2.26. The molecular weight excluding hydrogens is 379 g/mol. The quantitative estimate of drug-likeness (QED) is 0.710. The maximum atomic E-state index is 13.1. The second-order valence-electron chi connectivity index (χ2n) is 6.95. The summed E-state index contributed by atoms with van der Waals surface area (Å²) in [6.45, 7) is 5.88. The van der Waals surface area contributed by atoms with Crippen LogP contribution in [0, 0.1) is 5.82 Å². The van der Waals surface area contributed by atoms with E-state index in [1.165, 1.54) is 17.0 Å². The Balaban J connectivity index is 2.22. The zero-order valence-electron chi connectivity index (χ0n) is 16.4. The van der Waals surface area contributed by atoms with Crippen molar-refractivity contribution in [3.63, 3.8) is 0 Å². The SMILES string of the molecule is CC[C@@H](C)NC(=O)[C@H](C)N(Cc1cccc(Cl)c1)C(=O)Cc1ccc(F)cc1. The third-order valence-corrected chi connectivity index (χ3v) is 4.91. The normalized spacial score (nSPS) is 12.9. The van der Waals surface area contributed by atoms with Crippen molar-refractivity contribution in [3.8, 4) is 0 Å². The molecule has 2 atom stereocenters. The number of rotatable bonds is 8. The van der Waals surface area contributed by atoms with Gasteiger partial charge in [0.2, 0.25) is 11.8 Å². The van der Waals surface area contributed by atoms with Gasteiger partial charge in [-0.3, -0.25) is 9.59 Å². The summed E-state index contributed by atoms with van der Waals surface area (Å²) in [6, 6.07) is 12.4. The Bertz CT molecular complexity index is 810. The molecule has 0 radical (unpaired) electrons. The Morgan fingerprint density at radius 2 is 1.79 bits per heavy atom. The molecule has 2 aromatic carbocycles. The van der Waals surface area contributed by atoms with Crippen LogP contribution in [0.2, 0.25) is 5.02 Å². The van der Waals surface area contributed by atoms with Crippen molar-refractivity contribution in [1.82, 2.24) is 10.2 Å². The van der Waals surface area contributed by atoms with Gasteiger partial charge in [-0.25, -0.2) is 4.39 Å². The van der Waals surface area contributed by atoms with Crippen LogP contribution in [0.5, 0.6) is 0 Å². The van der Waals surface area contributed by atoms with Gasteiger partial charge < -0.3 is 10.2 Å². The third-order valence-electron chi connectivity index (χ3n) is 4.68. The van der Waals surface area contributed by atoms with E-state index in [-0.39, 0.29) is 36.6 Å². The number of nitrogens with one attached hydrogen (secondary N) is 1. The van der Waals surface area contributed by atoms with Crippen molar-refractivity contribution in [3.05, 3.63) is 70.5 Å². The smallest absolute Gasteiger partial charge is 0.242 e. The summed E-state index contributed by atoms with van der Waals surface area (Å²) >= 11 is 6.06. The van der Waals surface area contributed by atoms with E-state index in [4.69, 9.17) is 11.6 Å².